The number of carbonyl (C=O) groups is 3. The fourth-order valence-corrected chi connectivity index (χ4v) is 8.18. The number of hydrogen-bond donors (Lipinski definition) is 0. The Bertz CT molecular complexity index is 1020. The first-order valence-electron chi connectivity index (χ1n) is 27.8. The first kappa shape index (κ1) is 60.9. The molecule has 0 rings (SSSR count). The molecule has 0 saturated heterocycles. The predicted molar refractivity (Wildman–Crippen MR) is 270 cm³/mol. The summed E-state index contributed by atoms with van der Waals surface area (Å²) >= 11 is 0. The van der Waals surface area contributed by atoms with Gasteiger partial charge in [-0.15, -0.1) is 0 Å². The van der Waals surface area contributed by atoms with E-state index < -0.39 is 6.10 Å². The Hall–Kier alpha value is -2.11. The van der Waals surface area contributed by atoms with Crippen molar-refractivity contribution in [3.8, 4) is 0 Å². The number of rotatable bonds is 51. The van der Waals surface area contributed by atoms with Crippen molar-refractivity contribution in [3.63, 3.8) is 0 Å². The molecule has 370 valence electrons. The maximum Gasteiger partial charge on any atom is 0.306 e. The topological polar surface area (TPSA) is 78.9 Å². The first-order valence-corrected chi connectivity index (χ1v) is 27.8. The van der Waals surface area contributed by atoms with E-state index in [1.54, 1.807) is 0 Å². The molecule has 0 saturated carbocycles. The number of ether oxygens (including phenoxy) is 3. The summed E-state index contributed by atoms with van der Waals surface area (Å²) in [5, 5.41) is 0. The van der Waals surface area contributed by atoms with Crippen molar-refractivity contribution >= 4 is 17.9 Å². The summed E-state index contributed by atoms with van der Waals surface area (Å²) in [7, 11) is 0. The predicted octanol–water partition coefficient (Wildman–Crippen LogP) is 18.3. The largest absolute Gasteiger partial charge is 0.462 e. The molecule has 1 atom stereocenters. The summed E-state index contributed by atoms with van der Waals surface area (Å²) < 4.78 is 16.8. The van der Waals surface area contributed by atoms with Gasteiger partial charge in [0.15, 0.2) is 6.10 Å². The van der Waals surface area contributed by atoms with Crippen molar-refractivity contribution in [2.24, 2.45) is 0 Å². The maximum atomic E-state index is 12.8. The van der Waals surface area contributed by atoms with Gasteiger partial charge in [0.1, 0.15) is 13.2 Å². The summed E-state index contributed by atoms with van der Waals surface area (Å²) in [5.41, 5.74) is 0. The van der Waals surface area contributed by atoms with Gasteiger partial charge in [-0.2, -0.15) is 0 Å². The third-order valence-electron chi connectivity index (χ3n) is 12.4. The van der Waals surface area contributed by atoms with Gasteiger partial charge in [0.05, 0.1) is 0 Å². The van der Waals surface area contributed by atoms with Crippen LogP contribution in [0.25, 0.3) is 0 Å². The van der Waals surface area contributed by atoms with Crippen LogP contribution in [0.5, 0.6) is 0 Å². The van der Waals surface area contributed by atoms with Crippen LogP contribution in [0.1, 0.15) is 303 Å². The quantitative estimate of drug-likeness (QED) is 0.0262. The van der Waals surface area contributed by atoms with Crippen molar-refractivity contribution in [2.45, 2.75) is 309 Å². The van der Waals surface area contributed by atoms with Crippen LogP contribution in [0, 0.1) is 0 Å². The molecule has 0 bridgehead atoms. The number of allylic oxidation sites excluding steroid dienone is 4. The Kier molecular flexibility index (Phi) is 50.8. The Morgan fingerprint density at radius 3 is 0.841 bits per heavy atom. The SMILES string of the molecule is CCCC/C=C\CCCCCCCC(=O)O[C@H](COC(=O)CCCCCCC/C=C\CCCCCCCC)COC(=O)CCCCCCCCCCCCCCCCCCCCC. The molecule has 0 aromatic rings. The van der Waals surface area contributed by atoms with Gasteiger partial charge in [-0.05, 0) is 64.2 Å². The monoisotopic (exact) mass is 887 g/mol. The van der Waals surface area contributed by atoms with Gasteiger partial charge in [0.25, 0.3) is 0 Å². The van der Waals surface area contributed by atoms with Gasteiger partial charge in [-0.25, -0.2) is 0 Å². The Labute approximate surface area is 392 Å². The lowest BCUT2D eigenvalue weighted by molar-refractivity contribution is -0.167. The van der Waals surface area contributed by atoms with Crippen LogP contribution in [0.2, 0.25) is 0 Å². The molecule has 63 heavy (non-hydrogen) atoms. The fourth-order valence-electron chi connectivity index (χ4n) is 8.18. The van der Waals surface area contributed by atoms with Gasteiger partial charge >= 0.3 is 17.9 Å². The molecular weight excluding hydrogens is 781 g/mol. The molecule has 0 aromatic carbocycles. The highest BCUT2D eigenvalue weighted by molar-refractivity contribution is 5.71. The summed E-state index contributed by atoms with van der Waals surface area (Å²) in [6, 6.07) is 0. The summed E-state index contributed by atoms with van der Waals surface area (Å²) in [5.74, 6) is -0.876. The zero-order valence-corrected chi connectivity index (χ0v) is 42.4. The van der Waals surface area contributed by atoms with Gasteiger partial charge in [0.2, 0.25) is 0 Å². The summed E-state index contributed by atoms with van der Waals surface area (Å²) in [6.45, 7) is 6.62. The molecule has 0 aliphatic rings. The van der Waals surface area contributed by atoms with Crippen LogP contribution in [0.4, 0.5) is 0 Å². The van der Waals surface area contributed by atoms with Crippen molar-refractivity contribution in [1.82, 2.24) is 0 Å². The second-order valence-electron chi connectivity index (χ2n) is 18.8. The normalized spacial score (nSPS) is 12.1. The van der Waals surface area contributed by atoms with E-state index in [0.717, 1.165) is 77.0 Å². The zero-order chi connectivity index (χ0) is 45.8. The highest BCUT2D eigenvalue weighted by Crippen LogP contribution is 2.16. The minimum atomic E-state index is -0.774. The van der Waals surface area contributed by atoms with E-state index in [1.807, 2.05) is 0 Å². The van der Waals surface area contributed by atoms with E-state index in [-0.39, 0.29) is 31.1 Å². The Morgan fingerprint density at radius 1 is 0.302 bits per heavy atom. The molecular formula is C57H106O6. The minimum absolute atomic E-state index is 0.0733. The van der Waals surface area contributed by atoms with E-state index in [9.17, 15) is 14.4 Å². The lowest BCUT2D eigenvalue weighted by Gasteiger charge is -2.18. The lowest BCUT2D eigenvalue weighted by Crippen LogP contribution is -2.30. The van der Waals surface area contributed by atoms with E-state index >= 15 is 0 Å². The number of esters is 3. The van der Waals surface area contributed by atoms with Crippen LogP contribution in [-0.2, 0) is 28.6 Å². The van der Waals surface area contributed by atoms with Gasteiger partial charge in [-0.3, -0.25) is 14.4 Å². The third kappa shape index (κ3) is 50.7. The van der Waals surface area contributed by atoms with E-state index in [4.69, 9.17) is 14.2 Å². The van der Waals surface area contributed by atoms with Crippen LogP contribution in [0.15, 0.2) is 24.3 Å². The third-order valence-corrected chi connectivity index (χ3v) is 12.4. The van der Waals surface area contributed by atoms with E-state index in [2.05, 4.69) is 45.1 Å². The number of carbonyl (C=O) groups excluding carboxylic acids is 3. The lowest BCUT2D eigenvalue weighted by atomic mass is 10.0. The molecule has 0 heterocycles. The molecule has 0 aliphatic heterocycles. The highest BCUT2D eigenvalue weighted by atomic mass is 16.6. The molecule has 0 N–H and O–H groups in total. The fraction of sp³-hybridized carbons (Fsp3) is 0.877. The molecule has 0 spiro atoms. The second-order valence-corrected chi connectivity index (χ2v) is 18.8. The molecule has 0 fully saturated rings. The Balaban J connectivity index is 4.27. The standard InChI is InChI=1S/C57H106O6/c1-4-7-10-13-16-19-22-24-26-27-28-29-31-33-36-38-41-44-47-50-56(59)62-53-54(63-57(60)51-48-45-42-39-34-21-18-15-12-9-6-3)52-61-55(58)49-46-43-40-37-35-32-30-25-23-20-17-14-11-8-5-2/h15,18,25,30,54H,4-14,16-17,19-24,26-29,31-53H2,1-3H3/b18-15-,30-25-/t54-/m1/s1. The average Bonchev–Trinajstić information content (AvgIpc) is 3.28. The molecule has 0 radical (unpaired) electrons. The Morgan fingerprint density at radius 2 is 0.540 bits per heavy atom. The summed E-state index contributed by atoms with van der Waals surface area (Å²) in [4.78, 5) is 38.0. The van der Waals surface area contributed by atoms with Gasteiger partial charge < -0.3 is 14.2 Å². The summed E-state index contributed by atoms with van der Waals surface area (Å²) in [6.07, 6.45) is 60.3. The maximum absolute atomic E-state index is 12.8. The van der Waals surface area contributed by atoms with Crippen molar-refractivity contribution in [2.75, 3.05) is 13.2 Å². The van der Waals surface area contributed by atoms with Crippen LogP contribution >= 0.6 is 0 Å². The number of hydrogen-bond acceptors (Lipinski definition) is 6. The molecule has 6 heteroatoms. The second kappa shape index (κ2) is 52.5. The molecule has 0 unspecified atom stereocenters. The number of unbranched alkanes of at least 4 members (excludes halogenated alkanes) is 36. The van der Waals surface area contributed by atoms with Gasteiger partial charge in [0, 0.05) is 19.3 Å². The minimum Gasteiger partial charge on any atom is -0.462 e. The van der Waals surface area contributed by atoms with Crippen LogP contribution in [0.3, 0.4) is 0 Å². The van der Waals surface area contributed by atoms with Crippen molar-refractivity contribution in [3.05, 3.63) is 24.3 Å². The zero-order valence-electron chi connectivity index (χ0n) is 42.4. The van der Waals surface area contributed by atoms with E-state index in [0.29, 0.717) is 19.3 Å². The van der Waals surface area contributed by atoms with E-state index in [1.165, 1.54) is 186 Å². The van der Waals surface area contributed by atoms with Crippen molar-refractivity contribution in [1.29, 1.82) is 0 Å². The molecule has 6 nitrogen and oxygen atoms in total. The highest BCUT2D eigenvalue weighted by Gasteiger charge is 2.19. The molecule has 0 amide bonds. The first-order chi connectivity index (χ1) is 31.0. The van der Waals surface area contributed by atoms with Gasteiger partial charge in [-0.1, -0.05) is 244 Å². The van der Waals surface area contributed by atoms with Crippen molar-refractivity contribution < 1.29 is 28.6 Å². The molecule has 0 aromatic heterocycles. The smallest absolute Gasteiger partial charge is 0.306 e. The molecule has 0 aliphatic carbocycles. The van der Waals surface area contributed by atoms with Crippen LogP contribution in [-0.4, -0.2) is 37.2 Å². The van der Waals surface area contributed by atoms with Crippen LogP contribution < -0.4 is 0 Å². The average molecular weight is 887 g/mol.